The Balaban J connectivity index is 1.71. The molecule has 0 radical (unpaired) electrons. The van der Waals surface area contributed by atoms with E-state index in [-0.39, 0.29) is 23.8 Å². The number of hydrogen-bond acceptors (Lipinski definition) is 3. The number of nitrogens with one attached hydrogen (secondary N) is 2. The number of morpholine rings is 1. The van der Waals surface area contributed by atoms with Gasteiger partial charge in [-0.1, -0.05) is 30.3 Å². The van der Waals surface area contributed by atoms with Crippen molar-refractivity contribution in [2.24, 2.45) is 0 Å². The Morgan fingerprint density at radius 2 is 1.79 bits per heavy atom. The second kappa shape index (κ2) is 8.49. The number of urea groups is 1. The van der Waals surface area contributed by atoms with E-state index < -0.39 is 0 Å². The van der Waals surface area contributed by atoms with E-state index in [4.69, 9.17) is 4.74 Å². The first-order valence-corrected chi connectivity index (χ1v) is 8.83. The minimum absolute atomic E-state index is 0.0942. The molecule has 24 heavy (non-hydrogen) atoms. The van der Waals surface area contributed by atoms with E-state index in [2.05, 4.69) is 55.4 Å². The smallest absolute Gasteiger partial charge is 0.314 e. The zero-order valence-electron chi connectivity index (χ0n) is 15.3. The number of amides is 2. The molecule has 2 N–H and O–H groups in total. The van der Waals surface area contributed by atoms with Crippen LogP contribution in [0.25, 0.3) is 0 Å². The summed E-state index contributed by atoms with van der Waals surface area (Å²) in [6, 6.07) is 10.1. The van der Waals surface area contributed by atoms with E-state index in [0.717, 1.165) is 19.5 Å². The lowest BCUT2D eigenvalue weighted by Gasteiger charge is -2.45. The van der Waals surface area contributed by atoms with Crippen LogP contribution >= 0.6 is 0 Å². The second-order valence-corrected chi connectivity index (χ2v) is 7.32. The largest absolute Gasteiger partial charge is 0.373 e. The van der Waals surface area contributed by atoms with E-state index in [1.165, 1.54) is 5.56 Å². The average Bonchev–Trinajstić information content (AvgIpc) is 2.53. The quantitative estimate of drug-likeness (QED) is 0.841. The molecule has 134 valence electrons. The molecule has 2 amide bonds. The Morgan fingerprint density at radius 1 is 1.17 bits per heavy atom. The summed E-state index contributed by atoms with van der Waals surface area (Å²) in [6.45, 7) is 11.6. The van der Waals surface area contributed by atoms with Crippen LogP contribution in [0.4, 0.5) is 4.79 Å². The molecule has 0 spiro atoms. The second-order valence-electron chi connectivity index (χ2n) is 7.32. The molecule has 0 unspecified atom stereocenters. The molecule has 2 atom stereocenters. The van der Waals surface area contributed by atoms with Crippen LogP contribution in [0.1, 0.15) is 33.3 Å². The highest BCUT2D eigenvalue weighted by molar-refractivity contribution is 5.73. The van der Waals surface area contributed by atoms with Crippen LogP contribution in [0.3, 0.4) is 0 Å². The molecule has 0 aliphatic carbocycles. The van der Waals surface area contributed by atoms with Crippen molar-refractivity contribution in [3.05, 3.63) is 35.9 Å². The van der Waals surface area contributed by atoms with Gasteiger partial charge in [0.05, 0.1) is 12.2 Å². The fourth-order valence-electron chi connectivity index (χ4n) is 3.11. The third kappa shape index (κ3) is 5.80. The molecule has 1 aromatic carbocycles. The molecule has 1 fully saturated rings. The number of rotatable bonds is 6. The first kappa shape index (κ1) is 18.7. The van der Waals surface area contributed by atoms with Crippen molar-refractivity contribution in [3.8, 4) is 0 Å². The monoisotopic (exact) mass is 333 g/mol. The zero-order chi connectivity index (χ0) is 17.6. The van der Waals surface area contributed by atoms with Crippen molar-refractivity contribution < 1.29 is 9.53 Å². The summed E-state index contributed by atoms with van der Waals surface area (Å²) in [5, 5.41) is 5.93. The van der Waals surface area contributed by atoms with Gasteiger partial charge in [0.1, 0.15) is 0 Å². The minimum Gasteiger partial charge on any atom is -0.373 e. The fourth-order valence-corrected chi connectivity index (χ4v) is 3.11. The van der Waals surface area contributed by atoms with Gasteiger partial charge in [0.15, 0.2) is 0 Å². The van der Waals surface area contributed by atoms with E-state index in [9.17, 15) is 4.79 Å². The van der Waals surface area contributed by atoms with Crippen LogP contribution < -0.4 is 10.6 Å². The number of carbonyl (C=O) groups excluding carboxylic acids is 1. The standard InChI is InChI=1S/C19H31N3O2/c1-15-12-22(13-16(2)24-15)19(3,4)14-21-18(23)20-11-10-17-8-6-5-7-9-17/h5-9,15-16H,10-14H2,1-4H3,(H2,20,21,23)/t15-,16+. The number of carbonyl (C=O) groups is 1. The van der Waals surface area contributed by atoms with Gasteiger partial charge in [-0.15, -0.1) is 0 Å². The van der Waals surface area contributed by atoms with E-state index in [1.54, 1.807) is 0 Å². The van der Waals surface area contributed by atoms with Gasteiger partial charge in [0.2, 0.25) is 0 Å². The Hall–Kier alpha value is -1.59. The van der Waals surface area contributed by atoms with E-state index >= 15 is 0 Å². The summed E-state index contributed by atoms with van der Waals surface area (Å²) in [7, 11) is 0. The average molecular weight is 333 g/mol. The fraction of sp³-hybridized carbons (Fsp3) is 0.632. The van der Waals surface area contributed by atoms with Crippen molar-refractivity contribution >= 4 is 6.03 Å². The van der Waals surface area contributed by atoms with Crippen molar-refractivity contribution in [1.29, 1.82) is 0 Å². The molecule has 1 saturated heterocycles. The van der Waals surface area contributed by atoms with Gasteiger partial charge in [-0.25, -0.2) is 4.79 Å². The van der Waals surface area contributed by atoms with Crippen LogP contribution in [-0.2, 0) is 11.2 Å². The molecule has 0 saturated carbocycles. The van der Waals surface area contributed by atoms with E-state index in [0.29, 0.717) is 13.1 Å². The Bertz CT molecular complexity index is 509. The Kier molecular flexibility index (Phi) is 6.63. The maximum absolute atomic E-state index is 12.0. The van der Waals surface area contributed by atoms with Gasteiger partial charge in [0, 0.05) is 31.7 Å². The topological polar surface area (TPSA) is 53.6 Å². The number of hydrogen-bond donors (Lipinski definition) is 2. The number of ether oxygens (including phenoxy) is 1. The van der Waals surface area contributed by atoms with Crippen LogP contribution in [0.15, 0.2) is 30.3 Å². The van der Waals surface area contributed by atoms with Crippen LogP contribution in [0.5, 0.6) is 0 Å². The predicted molar refractivity (Wildman–Crippen MR) is 97.2 cm³/mol. The van der Waals surface area contributed by atoms with E-state index in [1.807, 2.05) is 18.2 Å². The molecule has 0 aromatic heterocycles. The lowest BCUT2D eigenvalue weighted by molar-refractivity contribution is -0.0947. The van der Waals surface area contributed by atoms with Gasteiger partial charge in [-0.2, -0.15) is 0 Å². The first-order valence-electron chi connectivity index (χ1n) is 8.83. The van der Waals surface area contributed by atoms with Crippen molar-refractivity contribution in [2.45, 2.75) is 51.9 Å². The minimum atomic E-state index is -0.103. The van der Waals surface area contributed by atoms with Gasteiger partial charge in [-0.05, 0) is 39.7 Å². The maximum Gasteiger partial charge on any atom is 0.314 e. The lowest BCUT2D eigenvalue weighted by Crippen LogP contribution is -2.59. The normalized spacial score (nSPS) is 22.2. The van der Waals surface area contributed by atoms with Gasteiger partial charge in [0.25, 0.3) is 0 Å². The molecule has 5 nitrogen and oxygen atoms in total. The molecule has 5 heteroatoms. The van der Waals surface area contributed by atoms with Gasteiger partial charge < -0.3 is 15.4 Å². The summed E-state index contributed by atoms with van der Waals surface area (Å²) in [5.74, 6) is 0. The van der Waals surface area contributed by atoms with Crippen molar-refractivity contribution in [3.63, 3.8) is 0 Å². The van der Waals surface area contributed by atoms with Gasteiger partial charge >= 0.3 is 6.03 Å². The zero-order valence-corrected chi connectivity index (χ0v) is 15.3. The molecule has 1 heterocycles. The third-order valence-corrected chi connectivity index (χ3v) is 4.50. The van der Waals surface area contributed by atoms with Crippen LogP contribution in [0, 0.1) is 0 Å². The number of nitrogens with zero attached hydrogens (tertiary/aromatic N) is 1. The van der Waals surface area contributed by atoms with Crippen LogP contribution in [0.2, 0.25) is 0 Å². The maximum atomic E-state index is 12.0. The summed E-state index contributed by atoms with van der Waals surface area (Å²) < 4.78 is 5.79. The SMILES string of the molecule is C[C@@H]1CN(C(C)(C)CNC(=O)NCCc2ccccc2)C[C@H](C)O1. The highest BCUT2D eigenvalue weighted by atomic mass is 16.5. The lowest BCUT2D eigenvalue weighted by atomic mass is 10.00. The molecule has 2 rings (SSSR count). The van der Waals surface area contributed by atoms with Crippen LogP contribution in [-0.4, -0.2) is 54.9 Å². The molecular formula is C19H31N3O2. The summed E-state index contributed by atoms with van der Waals surface area (Å²) in [4.78, 5) is 14.4. The number of benzene rings is 1. The predicted octanol–water partition coefficient (Wildman–Crippen LogP) is 2.42. The first-order chi connectivity index (χ1) is 11.4. The highest BCUT2D eigenvalue weighted by Crippen LogP contribution is 2.20. The molecule has 1 aliphatic rings. The molecule has 1 aliphatic heterocycles. The Morgan fingerprint density at radius 3 is 2.42 bits per heavy atom. The summed E-state index contributed by atoms with van der Waals surface area (Å²) >= 11 is 0. The summed E-state index contributed by atoms with van der Waals surface area (Å²) in [6.07, 6.45) is 1.30. The van der Waals surface area contributed by atoms with Gasteiger partial charge in [-0.3, -0.25) is 4.90 Å². The summed E-state index contributed by atoms with van der Waals surface area (Å²) in [5.41, 5.74) is 1.14. The molecular weight excluding hydrogens is 302 g/mol. The Labute approximate surface area is 145 Å². The van der Waals surface area contributed by atoms with Crippen molar-refractivity contribution in [1.82, 2.24) is 15.5 Å². The highest BCUT2D eigenvalue weighted by Gasteiger charge is 2.33. The molecule has 0 bridgehead atoms. The van der Waals surface area contributed by atoms with Crippen molar-refractivity contribution in [2.75, 3.05) is 26.2 Å². The third-order valence-electron chi connectivity index (χ3n) is 4.50. The molecule has 1 aromatic rings.